The highest BCUT2D eigenvalue weighted by Crippen LogP contribution is 2.19. The molecule has 1 amide bonds. The van der Waals surface area contributed by atoms with E-state index in [-0.39, 0.29) is 23.6 Å². The molecular weight excluding hydrogens is 374 g/mol. The van der Waals surface area contributed by atoms with Crippen molar-refractivity contribution in [2.45, 2.75) is 6.61 Å². The second-order valence-electron chi connectivity index (χ2n) is 5.97. The van der Waals surface area contributed by atoms with Crippen molar-refractivity contribution >= 4 is 17.8 Å². The topological polar surface area (TPSA) is 114 Å². The molecule has 3 aromatic carbocycles. The van der Waals surface area contributed by atoms with Crippen LogP contribution in [0.1, 0.15) is 21.5 Å². The minimum atomic E-state index is -0.538. The molecule has 0 radical (unpaired) electrons. The first-order valence-electron chi connectivity index (χ1n) is 8.61. The molecule has 0 spiro atoms. The number of nitro groups is 1. The average Bonchev–Trinajstić information content (AvgIpc) is 2.73. The zero-order valence-corrected chi connectivity index (χ0v) is 15.2. The maximum atomic E-state index is 12.1. The van der Waals surface area contributed by atoms with Crippen molar-refractivity contribution in [3.05, 3.63) is 99.6 Å². The van der Waals surface area contributed by atoms with Crippen molar-refractivity contribution in [3.8, 4) is 11.5 Å². The third-order valence-electron chi connectivity index (χ3n) is 3.98. The number of aromatic hydroxyl groups is 1. The summed E-state index contributed by atoms with van der Waals surface area (Å²) in [4.78, 5) is 22.3. The van der Waals surface area contributed by atoms with Crippen molar-refractivity contribution in [2.75, 3.05) is 0 Å². The number of nitro benzene ring substituents is 1. The fraction of sp³-hybridized carbons (Fsp3) is 0.0476. The molecule has 0 aromatic heterocycles. The Kier molecular flexibility index (Phi) is 6.16. The van der Waals surface area contributed by atoms with Crippen molar-refractivity contribution < 1.29 is 19.6 Å². The number of carbonyl (C=O) groups excluding carboxylic acids is 1. The van der Waals surface area contributed by atoms with Gasteiger partial charge < -0.3 is 9.84 Å². The van der Waals surface area contributed by atoms with Crippen LogP contribution in [0, 0.1) is 10.1 Å². The van der Waals surface area contributed by atoms with Gasteiger partial charge in [-0.15, -0.1) is 0 Å². The monoisotopic (exact) mass is 391 g/mol. The Morgan fingerprint density at radius 1 is 1.07 bits per heavy atom. The highest BCUT2D eigenvalue weighted by molar-refractivity contribution is 5.97. The van der Waals surface area contributed by atoms with Gasteiger partial charge in [-0.3, -0.25) is 14.9 Å². The van der Waals surface area contributed by atoms with E-state index in [9.17, 15) is 20.0 Å². The van der Waals surface area contributed by atoms with E-state index in [1.54, 1.807) is 48.5 Å². The maximum absolute atomic E-state index is 12.1. The van der Waals surface area contributed by atoms with Gasteiger partial charge in [0.25, 0.3) is 11.6 Å². The van der Waals surface area contributed by atoms with E-state index in [0.29, 0.717) is 11.3 Å². The lowest BCUT2D eigenvalue weighted by molar-refractivity contribution is -0.384. The molecular formula is C21H17N3O5. The first-order valence-corrected chi connectivity index (χ1v) is 8.61. The van der Waals surface area contributed by atoms with E-state index in [1.165, 1.54) is 30.5 Å². The number of nitrogens with one attached hydrogen (secondary N) is 1. The minimum Gasteiger partial charge on any atom is -0.507 e. The van der Waals surface area contributed by atoms with Crippen LogP contribution in [0.15, 0.2) is 77.9 Å². The Labute approximate surface area is 166 Å². The van der Waals surface area contributed by atoms with E-state index < -0.39 is 10.8 Å². The van der Waals surface area contributed by atoms with Crippen LogP contribution >= 0.6 is 0 Å². The largest absolute Gasteiger partial charge is 0.507 e. The lowest BCUT2D eigenvalue weighted by Gasteiger charge is -2.09. The molecule has 0 heterocycles. The number of phenolic OH excluding ortho intramolecular Hbond substituents is 1. The van der Waals surface area contributed by atoms with Gasteiger partial charge in [0.15, 0.2) is 0 Å². The van der Waals surface area contributed by atoms with Gasteiger partial charge in [0.2, 0.25) is 0 Å². The standard InChI is InChI=1S/C21H17N3O5/c25-19-7-3-2-6-18(19)21(26)23-22-13-16-5-1-4-8-20(16)29-14-15-9-11-17(12-10-15)24(27)28/h1-13,25H,14H2,(H,23,26)/b22-13-. The lowest BCUT2D eigenvalue weighted by atomic mass is 10.2. The summed E-state index contributed by atoms with van der Waals surface area (Å²) >= 11 is 0. The van der Waals surface area contributed by atoms with E-state index in [4.69, 9.17) is 4.74 Å². The normalized spacial score (nSPS) is 10.6. The van der Waals surface area contributed by atoms with E-state index >= 15 is 0 Å². The number of hydrogen-bond acceptors (Lipinski definition) is 6. The summed E-state index contributed by atoms with van der Waals surface area (Å²) in [6.45, 7) is 0.215. The molecule has 2 N–H and O–H groups in total. The number of ether oxygens (including phenoxy) is 1. The fourth-order valence-corrected chi connectivity index (χ4v) is 2.48. The number of benzene rings is 3. The van der Waals surface area contributed by atoms with Gasteiger partial charge in [0, 0.05) is 17.7 Å². The van der Waals surface area contributed by atoms with Gasteiger partial charge in [0.1, 0.15) is 18.1 Å². The number of para-hydroxylation sites is 2. The van der Waals surface area contributed by atoms with Gasteiger partial charge in [-0.1, -0.05) is 24.3 Å². The highest BCUT2D eigenvalue weighted by Gasteiger charge is 2.09. The summed E-state index contributed by atoms with van der Waals surface area (Å²) in [7, 11) is 0. The van der Waals surface area contributed by atoms with Crippen molar-refractivity contribution in [2.24, 2.45) is 5.10 Å². The van der Waals surface area contributed by atoms with Gasteiger partial charge in [-0.2, -0.15) is 5.10 Å². The second kappa shape index (κ2) is 9.14. The molecule has 8 nitrogen and oxygen atoms in total. The second-order valence-corrected chi connectivity index (χ2v) is 5.97. The molecule has 3 rings (SSSR count). The quantitative estimate of drug-likeness (QED) is 0.363. The molecule has 0 aliphatic rings. The number of carbonyl (C=O) groups is 1. The summed E-state index contributed by atoms with van der Waals surface area (Å²) in [5.74, 6) is -0.137. The van der Waals surface area contributed by atoms with Crippen LogP contribution in [0.25, 0.3) is 0 Å². The molecule has 0 saturated carbocycles. The molecule has 0 saturated heterocycles. The van der Waals surface area contributed by atoms with Crippen LogP contribution in [0.4, 0.5) is 5.69 Å². The Hall–Kier alpha value is -4.20. The molecule has 29 heavy (non-hydrogen) atoms. The molecule has 0 fully saturated rings. The van der Waals surface area contributed by atoms with Crippen LogP contribution in [0.5, 0.6) is 11.5 Å². The summed E-state index contributed by atoms with van der Waals surface area (Å²) in [5, 5.41) is 24.3. The number of amides is 1. The van der Waals surface area contributed by atoms with Crippen LogP contribution in [0.2, 0.25) is 0 Å². The number of hydrazone groups is 1. The summed E-state index contributed by atoms with van der Waals surface area (Å²) in [6, 6.07) is 19.4. The van der Waals surface area contributed by atoms with Gasteiger partial charge >= 0.3 is 0 Å². The molecule has 3 aromatic rings. The first kappa shape index (κ1) is 19.6. The SMILES string of the molecule is O=C(N/N=C\c1ccccc1OCc1ccc([N+](=O)[O-])cc1)c1ccccc1O. The fourth-order valence-electron chi connectivity index (χ4n) is 2.48. The number of phenols is 1. The van der Waals surface area contributed by atoms with Crippen molar-refractivity contribution in [3.63, 3.8) is 0 Å². The number of nitrogens with zero attached hydrogens (tertiary/aromatic N) is 2. The Bertz CT molecular complexity index is 1050. The first-order chi connectivity index (χ1) is 14.0. The Morgan fingerprint density at radius 2 is 1.76 bits per heavy atom. The van der Waals surface area contributed by atoms with Crippen LogP contribution < -0.4 is 10.2 Å². The minimum absolute atomic E-state index is 0.0153. The predicted octanol–water partition coefficient (Wildman–Crippen LogP) is 3.64. The highest BCUT2D eigenvalue weighted by atomic mass is 16.6. The Morgan fingerprint density at radius 3 is 2.48 bits per heavy atom. The van der Waals surface area contributed by atoms with E-state index in [0.717, 1.165) is 5.56 Å². The lowest BCUT2D eigenvalue weighted by Crippen LogP contribution is -2.17. The number of rotatable bonds is 7. The van der Waals surface area contributed by atoms with Crippen molar-refractivity contribution in [1.82, 2.24) is 5.43 Å². The van der Waals surface area contributed by atoms with Crippen LogP contribution in [-0.2, 0) is 6.61 Å². The molecule has 8 heteroatoms. The molecule has 0 atom stereocenters. The average molecular weight is 391 g/mol. The molecule has 146 valence electrons. The predicted molar refractivity (Wildman–Crippen MR) is 107 cm³/mol. The summed E-state index contributed by atoms with van der Waals surface area (Å²) in [6.07, 6.45) is 1.43. The Balaban J connectivity index is 1.64. The number of hydrogen-bond donors (Lipinski definition) is 2. The summed E-state index contributed by atoms with van der Waals surface area (Å²) in [5.41, 5.74) is 3.90. The molecule has 0 aliphatic carbocycles. The zero-order chi connectivity index (χ0) is 20.6. The third kappa shape index (κ3) is 5.16. The zero-order valence-electron chi connectivity index (χ0n) is 15.2. The van der Waals surface area contributed by atoms with Gasteiger partial charge in [0.05, 0.1) is 16.7 Å². The van der Waals surface area contributed by atoms with Crippen LogP contribution in [-0.4, -0.2) is 22.2 Å². The van der Waals surface area contributed by atoms with E-state index in [2.05, 4.69) is 10.5 Å². The molecule has 0 unspecified atom stereocenters. The summed E-state index contributed by atoms with van der Waals surface area (Å²) < 4.78 is 5.77. The smallest absolute Gasteiger partial charge is 0.275 e. The molecule has 0 bridgehead atoms. The van der Waals surface area contributed by atoms with Crippen molar-refractivity contribution in [1.29, 1.82) is 0 Å². The van der Waals surface area contributed by atoms with E-state index in [1.807, 2.05) is 0 Å². The maximum Gasteiger partial charge on any atom is 0.275 e. The molecule has 0 aliphatic heterocycles. The third-order valence-corrected chi connectivity index (χ3v) is 3.98. The van der Waals surface area contributed by atoms with Gasteiger partial charge in [-0.25, -0.2) is 5.43 Å². The van der Waals surface area contributed by atoms with Gasteiger partial charge in [-0.05, 0) is 42.0 Å². The van der Waals surface area contributed by atoms with Crippen LogP contribution in [0.3, 0.4) is 0 Å². The number of non-ortho nitro benzene ring substituents is 1.